The van der Waals surface area contributed by atoms with E-state index in [9.17, 15) is 5.26 Å². The number of halogens is 1. The average molecular weight is 390 g/mol. The second kappa shape index (κ2) is 7.24. The minimum Gasteiger partial charge on any atom is -0.475 e. The molecular formula is C18H24ClN7O. The molecule has 1 aliphatic heterocycles. The first-order chi connectivity index (χ1) is 12.7. The van der Waals surface area contributed by atoms with Crippen molar-refractivity contribution in [3.8, 4) is 11.9 Å². The third-order valence-electron chi connectivity index (χ3n) is 4.66. The summed E-state index contributed by atoms with van der Waals surface area (Å²) in [7, 11) is 0. The highest BCUT2D eigenvalue weighted by atomic mass is 35.5. The van der Waals surface area contributed by atoms with Crippen LogP contribution in [0.4, 0.5) is 17.5 Å². The van der Waals surface area contributed by atoms with Crippen molar-refractivity contribution in [2.45, 2.75) is 52.6 Å². The van der Waals surface area contributed by atoms with Gasteiger partial charge in [-0.2, -0.15) is 10.2 Å². The maximum absolute atomic E-state index is 9.49. The minimum absolute atomic E-state index is 0.130. The number of hydrogen-bond donors (Lipinski definition) is 2. The number of rotatable bonds is 2. The Balaban J connectivity index is 2.09. The topological polar surface area (TPSA) is 101 Å². The Bertz CT molecular complexity index is 885. The lowest BCUT2D eigenvalue weighted by atomic mass is 10.0. The van der Waals surface area contributed by atoms with E-state index in [4.69, 9.17) is 16.3 Å². The molecule has 0 amide bonds. The van der Waals surface area contributed by atoms with Crippen molar-refractivity contribution in [1.29, 1.82) is 5.26 Å². The monoisotopic (exact) mass is 389 g/mol. The Morgan fingerprint density at radius 3 is 2.85 bits per heavy atom. The first-order valence-corrected chi connectivity index (χ1v) is 9.31. The third-order valence-corrected chi connectivity index (χ3v) is 4.94. The summed E-state index contributed by atoms with van der Waals surface area (Å²) in [6.45, 7) is 10.2. The largest absolute Gasteiger partial charge is 0.475 e. The zero-order valence-electron chi connectivity index (χ0n) is 16.2. The van der Waals surface area contributed by atoms with Gasteiger partial charge in [0.2, 0.25) is 5.95 Å². The molecule has 0 spiro atoms. The predicted molar refractivity (Wildman–Crippen MR) is 105 cm³/mol. The highest BCUT2D eigenvalue weighted by Crippen LogP contribution is 2.34. The SMILES string of the molecule is Cc1c2c(nn1C(C)(C)C#N)OCCC(C(C)C)Nc1nc(ncc1Cl)N2. The molecule has 3 heterocycles. The molecule has 0 saturated heterocycles. The molecule has 9 heteroatoms. The van der Waals surface area contributed by atoms with E-state index in [0.717, 1.165) is 12.1 Å². The van der Waals surface area contributed by atoms with Gasteiger partial charge >= 0.3 is 0 Å². The molecule has 8 nitrogen and oxygen atoms in total. The summed E-state index contributed by atoms with van der Waals surface area (Å²) in [5, 5.41) is 21.1. The van der Waals surface area contributed by atoms with Gasteiger partial charge in [0, 0.05) is 12.5 Å². The number of hydrogen-bond acceptors (Lipinski definition) is 7. The van der Waals surface area contributed by atoms with Crippen molar-refractivity contribution in [3.63, 3.8) is 0 Å². The van der Waals surface area contributed by atoms with Gasteiger partial charge in [-0.15, -0.1) is 5.10 Å². The predicted octanol–water partition coefficient (Wildman–Crippen LogP) is 3.86. The van der Waals surface area contributed by atoms with Crippen LogP contribution in [-0.4, -0.2) is 32.4 Å². The summed E-state index contributed by atoms with van der Waals surface area (Å²) in [5.41, 5.74) is 0.603. The molecule has 3 rings (SSSR count). The number of anilines is 3. The first-order valence-electron chi connectivity index (χ1n) is 8.93. The van der Waals surface area contributed by atoms with Crippen molar-refractivity contribution in [3.05, 3.63) is 16.9 Å². The van der Waals surface area contributed by atoms with Gasteiger partial charge in [-0.3, -0.25) is 0 Å². The molecule has 0 fully saturated rings. The van der Waals surface area contributed by atoms with Crippen LogP contribution >= 0.6 is 11.6 Å². The van der Waals surface area contributed by atoms with Crippen LogP contribution in [0.2, 0.25) is 5.02 Å². The lowest BCUT2D eigenvalue weighted by Crippen LogP contribution is -2.28. The quantitative estimate of drug-likeness (QED) is 0.804. The van der Waals surface area contributed by atoms with Crippen molar-refractivity contribution in [2.24, 2.45) is 5.92 Å². The molecule has 1 aliphatic rings. The zero-order chi connectivity index (χ0) is 19.8. The fraction of sp³-hybridized carbons (Fsp3) is 0.556. The second-order valence-corrected chi connectivity index (χ2v) is 7.90. The van der Waals surface area contributed by atoms with Gasteiger partial charge in [0.05, 0.1) is 24.6 Å². The fourth-order valence-electron chi connectivity index (χ4n) is 2.98. The number of ether oxygens (including phenoxy) is 1. The Kier molecular flexibility index (Phi) is 5.16. The van der Waals surface area contributed by atoms with Crippen molar-refractivity contribution in [2.75, 3.05) is 17.2 Å². The Morgan fingerprint density at radius 2 is 2.19 bits per heavy atom. The van der Waals surface area contributed by atoms with E-state index < -0.39 is 5.54 Å². The van der Waals surface area contributed by atoms with Gasteiger partial charge < -0.3 is 15.4 Å². The Labute approximate surface area is 163 Å². The molecule has 2 aromatic rings. The Morgan fingerprint density at radius 1 is 1.44 bits per heavy atom. The van der Waals surface area contributed by atoms with Crippen LogP contribution in [0.25, 0.3) is 0 Å². The van der Waals surface area contributed by atoms with Crippen LogP contribution in [0, 0.1) is 24.2 Å². The lowest BCUT2D eigenvalue weighted by Gasteiger charge is -2.23. The van der Waals surface area contributed by atoms with E-state index in [-0.39, 0.29) is 6.04 Å². The van der Waals surface area contributed by atoms with Crippen LogP contribution < -0.4 is 15.4 Å². The summed E-state index contributed by atoms with van der Waals surface area (Å²) >= 11 is 6.28. The van der Waals surface area contributed by atoms with E-state index in [1.165, 1.54) is 0 Å². The van der Waals surface area contributed by atoms with E-state index >= 15 is 0 Å². The molecule has 2 aromatic heterocycles. The molecule has 2 N–H and O–H groups in total. The second-order valence-electron chi connectivity index (χ2n) is 7.50. The summed E-state index contributed by atoms with van der Waals surface area (Å²) in [4.78, 5) is 8.78. The maximum atomic E-state index is 9.49. The molecular weight excluding hydrogens is 366 g/mol. The molecule has 0 aromatic carbocycles. The Hall–Kier alpha value is -2.53. The molecule has 144 valence electrons. The third kappa shape index (κ3) is 3.78. The minimum atomic E-state index is -0.812. The summed E-state index contributed by atoms with van der Waals surface area (Å²) in [6.07, 6.45) is 2.31. The number of nitrogens with zero attached hydrogens (tertiary/aromatic N) is 5. The highest BCUT2D eigenvalue weighted by Gasteiger charge is 2.28. The van der Waals surface area contributed by atoms with Gasteiger partial charge in [-0.05, 0) is 26.7 Å². The van der Waals surface area contributed by atoms with Crippen molar-refractivity contribution >= 4 is 29.1 Å². The van der Waals surface area contributed by atoms with Crippen LogP contribution in [-0.2, 0) is 5.54 Å². The van der Waals surface area contributed by atoms with Crippen LogP contribution in [0.5, 0.6) is 5.88 Å². The van der Waals surface area contributed by atoms with Crippen molar-refractivity contribution < 1.29 is 4.74 Å². The maximum Gasteiger partial charge on any atom is 0.257 e. The van der Waals surface area contributed by atoms with E-state index in [1.54, 1.807) is 24.7 Å². The molecule has 0 saturated carbocycles. The van der Waals surface area contributed by atoms with E-state index in [0.29, 0.717) is 40.9 Å². The van der Waals surface area contributed by atoms with Gasteiger partial charge in [-0.25, -0.2) is 9.67 Å². The molecule has 2 bridgehead atoms. The zero-order valence-corrected chi connectivity index (χ0v) is 16.9. The summed E-state index contributed by atoms with van der Waals surface area (Å²) in [6, 6.07) is 2.40. The molecule has 1 atom stereocenters. The molecule has 0 radical (unpaired) electrons. The summed E-state index contributed by atoms with van der Waals surface area (Å²) < 4.78 is 7.63. The number of fused-ring (bicyclic) bond motifs is 3. The molecule has 1 unspecified atom stereocenters. The van der Waals surface area contributed by atoms with E-state index in [2.05, 4.69) is 45.6 Å². The molecule has 0 aliphatic carbocycles. The molecule has 27 heavy (non-hydrogen) atoms. The van der Waals surface area contributed by atoms with Crippen LogP contribution in [0.1, 0.15) is 39.8 Å². The van der Waals surface area contributed by atoms with E-state index in [1.807, 2.05) is 6.92 Å². The van der Waals surface area contributed by atoms with Crippen LogP contribution in [0.3, 0.4) is 0 Å². The number of aromatic nitrogens is 4. The van der Waals surface area contributed by atoms with Crippen LogP contribution in [0.15, 0.2) is 6.20 Å². The van der Waals surface area contributed by atoms with Gasteiger partial charge in [-0.1, -0.05) is 25.4 Å². The van der Waals surface area contributed by atoms with Gasteiger partial charge in [0.15, 0.2) is 5.82 Å². The van der Waals surface area contributed by atoms with Crippen molar-refractivity contribution in [1.82, 2.24) is 19.7 Å². The standard InChI is InChI=1S/C18H24ClN7O/c1-10(2)13-6-7-27-16-14(11(3)26(25-16)18(4,5)9-20)23-17-21-8-12(19)15(22-13)24-17/h8,10,13H,6-7H2,1-5H3,(H2,21,22,23,24). The van der Waals surface area contributed by atoms with Gasteiger partial charge in [0.1, 0.15) is 16.2 Å². The summed E-state index contributed by atoms with van der Waals surface area (Å²) in [5.74, 6) is 1.75. The first kappa shape index (κ1) is 19.2. The number of nitrogens with one attached hydrogen (secondary N) is 2. The average Bonchev–Trinajstić information content (AvgIpc) is 2.91. The number of nitriles is 1. The van der Waals surface area contributed by atoms with Gasteiger partial charge in [0.25, 0.3) is 5.88 Å². The highest BCUT2D eigenvalue weighted by molar-refractivity contribution is 6.32. The lowest BCUT2D eigenvalue weighted by molar-refractivity contribution is 0.271. The smallest absolute Gasteiger partial charge is 0.257 e. The fourth-order valence-corrected chi connectivity index (χ4v) is 3.13. The normalized spacial score (nSPS) is 17.0.